The minimum Gasteiger partial charge on any atom is -0.458 e. The van der Waals surface area contributed by atoms with Crippen molar-refractivity contribution in [1.29, 1.82) is 0 Å². The third kappa shape index (κ3) is 3.00. The van der Waals surface area contributed by atoms with Crippen LogP contribution in [0.4, 0.5) is 0 Å². The first-order valence-corrected chi connectivity index (χ1v) is 2.85. The molecule has 0 unspecified atom stereocenters. The van der Waals surface area contributed by atoms with Gasteiger partial charge in [0, 0.05) is 0 Å². The Bertz CT molecular complexity index is 144. The van der Waals surface area contributed by atoms with Gasteiger partial charge in [0.15, 0.2) is 0 Å². The van der Waals surface area contributed by atoms with E-state index in [4.69, 9.17) is 0 Å². The molecule has 1 rings (SSSR count). The van der Waals surface area contributed by atoms with Gasteiger partial charge in [0.1, 0.15) is 0 Å². The maximum atomic E-state index is 3.08. The largest absolute Gasteiger partial charge is 1.00 e. The number of aromatic nitrogens is 1. The van der Waals surface area contributed by atoms with Crippen molar-refractivity contribution in [3.8, 4) is 0 Å². The van der Waals surface area contributed by atoms with Crippen LogP contribution in [0.15, 0.2) is 12.3 Å². The van der Waals surface area contributed by atoms with Gasteiger partial charge in [0.2, 0.25) is 0 Å². The number of nitrogens with one attached hydrogen (secondary N) is 1. The molecule has 0 aliphatic heterocycles. The van der Waals surface area contributed by atoms with Gasteiger partial charge in [-0.05, 0) is 5.92 Å². The van der Waals surface area contributed by atoms with E-state index in [9.17, 15) is 0 Å². The summed E-state index contributed by atoms with van der Waals surface area (Å²) in [5.41, 5.74) is 1.19. The molecule has 0 saturated heterocycles. The van der Waals surface area contributed by atoms with Gasteiger partial charge in [0.25, 0.3) is 0 Å². The van der Waals surface area contributed by atoms with Gasteiger partial charge in [-0.15, -0.1) is 6.20 Å². The van der Waals surface area contributed by atoms with Gasteiger partial charge >= 0.3 is 51.4 Å². The van der Waals surface area contributed by atoms with E-state index in [2.05, 4.69) is 24.9 Å². The molecule has 0 saturated carbocycles. The third-order valence-electron chi connectivity index (χ3n) is 1.14. The Kier molecular flexibility index (Phi) is 5.17. The Morgan fingerprint density at radius 3 is 2.44 bits per heavy atom. The Labute approximate surface area is 98.7 Å². The van der Waals surface area contributed by atoms with Crippen LogP contribution >= 0.6 is 0 Å². The second-order valence-electron chi connectivity index (χ2n) is 2.19. The predicted molar refractivity (Wildman–Crippen MR) is 33.7 cm³/mol. The summed E-state index contributed by atoms with van der Waals surface area (Å²) in [6.07, 6.45) is 1.90. The molecule has 0 spiro atoms. The minimum absolute atomic E-state index is 0. The van der Waals surface area contributed by atoms with Gasteiger partial charge in [-0.2, -0.15) is 0 Å². The molecule has 2 heteroatoms. The molecular weight excluding hydrogens is 137 g/mol. The van der Waals surface area contributed by atoms with Gasteiger partial charge in [-0.1, -0.05) is 19.5 Å². The predicted octanol–water partition coefficient (Wildman–Crippen LogP) is -1.06. The maximum absolute atomic E-state index is 3.08. The average Bonchev–Trinajstić information content (AvgIpc) is 2.12. The van der Waals surface area contributed by atoms with Crippen molar-refractivity contribution in [2.24, 2.45) is 0 Å². The van der Waals surface area contributed by atoms with Crippen LogP contribution in [0.5, 0.6) is 0 Å². The monoisotopic (exact) mass is 147 g/mol. The molecule has 0 aromatic carbocycles. The Hall–Kier alpha value is 0.916. The van der Waals surface area contributed by atoms with E-state index in [1.807, 2.05) is 12.3 Å². The van der Waals surface area contributed by atoms with Crippen LogP contribution in [-0.2, 0) is 0 Å². The number of aromatic amines is 1. The van der Waals surface area contributed by atoms with Gasteiger partial charge < -0.3 is 4.98 Å². The number of hydrogen-bond acceptors (Lipinski definition) is 0. The van der Waals surface area contributed by atoms with Crippen LogP contribution in [0.25, 0.3) is 0 Å². The molecule has 1 nitrogen and oxygen atoms in total. The van der Waals surface area contributed by atoms with Gasteiger partial charge in [-0.25, -0.2) is 12.1 Å². The molecule has 9 heavy (non-hydrogen) atoms. The Morgan fingerprint density at radius 2 is 2.22 bits per heavy atom. The van der Waals surface area contributed by atoms with Gasteiger partial charge in [0.05, 0.1) is 0 Å². The standard InChI is InChI=1S/C7H10N.K/c1-6(2)7-4-3-5-8-7;/h3,5-6,8H,1-2H3;/q-1;+1. The summed E-state index contributed by atoms with van der Waals surface area (Å²) in [7, 11) is 0. The van der Waals surface area contributed by atoms with Crippen LogP contribution in [0, 0.1) is 6.07 Å². The quantitative estimate of drug-likeness (QED) is 0.385. The fourth-order valence-electron chi connectivity index (χ4n) is 0.638. The normalized spacial score (nSPS) is 9.22. The van der Waals surface area contributed by atoms with Crippen molar-refractivity contribution in [1.82, 2.24) is 4.98 Å². The second-order valence-corrected chi connectivity index (χ2v) is 2.19. The zero-order valence-corrected chi connectivity index (χ0v) is 9.36. The van der Waals surface area contributed by atoms with Crippen molar-refractivity contribution in [3.05, 3.63) is 24.0 Å². The van der Waals surface area contributed by atoms with Gasteiger partial charge in [-0.3, -0.25) is 0 Å². The first-order chi connectivity index (χ1) is 3.80. The van der Waals surface area contributed by atoms with E-state index >= 15 is 0 Å². The van der Waals surface area contributed by atoms with E-state index in [-0.39, 0.29) is 51.4 Å². The summed E-state index contributed by atoms with van der Waals surface area (Å²) in [6.45, 7) is 4.28. The molecule has 44 valence electrons. The fourth-order valence-corrected chi connectivity index (χ4v) is 0.638. The van der Waals surface area contributed by atoms with Crippen LogP contribution in [-0.4, -0.2) is 4.98 Å². The van der Waals surface area contributed by atoms with Crippen molar-refractivity contribution in [2.75, 3.05) is 0 Å². The average molecular weight is 147 g/mol. The first kappa shape index (κ1) is 9.92. The summed E-state index contributed by atoms with van der Waals surface area (Å²) in [4.78, 5) is 3.08. The number of rotatable bonds is 1. The topological polar surface area (TPSA) is 15.8 Å². The fraction of sp³-hybridized carbons (Fsp3) is 0.429. The van der Waals surface area contributed by atoms with E-state index in [1.165, 1.54) is 5.69 Å². The van der Waals surface area contributed by atoms with Crippen LogP contribution in [0.1, 0.15) is 25.5 Å². The summed E-state index contributed by atoms with van der Waals surface area (Å²) in [5, 5.41) is 0. The summed E-state index contributed by atoms with van der Waals surface area (Å²) >= 11 is 0. The molecule has 0 bridgehead atoms. The Morgan fingerprint density at radius 1 is 1.56 bits per heavy atom. The summed E-state index contributed by atoms with van der Waals surface area (Å²) in [5.74, 6) is 0.574. The third-order valence-corrected chi connectivity index (χ3v) is 1.14. The molecule has 1 aromatic rings. The SMILES string of the molecule is CC(C)c1[c-]cc[nH]1.[K+]. The van der Waals surface area contributed by atoms with E-state index in [1.54, 1.807) is 0 Å². The zero-order chi connectivity index (χ0) is 5.98. The maximum Gasteiger partial charge on any atom is 1.00 e. The summed E-state index contributed by atoms with van der Waals surface area (Å²) < 4.78 is 0. The van der Waals surface area contributed by atoms with Crippen molar-refractivity contribution < 1.29 is 51.4 Å². The molecule has 0 fully saturated rings. The van der Waals surface area contributed by atoms with Crippen molar-refractivity contribution in [3.63, 3.8) is 0 Å². The molecule has 0 radical (unpaired) electrons. The summed E-state index contributed by atoms with van der Waals surface area (Å²) in [6, 6.07) is 4.98. The first-order valence-electron chi connectivity index (χ1n) is 2.85. The zero-order valence-electron chi connectivity index (χ0n) is 6.23. The molecule has 0 amide bonds. The molecular formula is C7H10KN. The van der Waals surface area contributed by atoms with E-state index in [0.717, 1.165) is 0 Å². The van der Waals surface area contributed by atoms with Crippen LogP contribution in [0.3, 0.4) is 0 Å². The van der Waals surface area contributed by atoms with Crippen LogP contribution in [0.2, 0.25) is 0 Å². The van der Waals surface area contributed by atoms with E-state index < -0.39 is 0 Å². The second kappa shape index (κ2) is 4.69. The van der Waals surface area contributed by atoms with Crippen molar-refractivity contribution in [2.45, 2.75) is 19.8 Å². The number of hydrogen-bond donors (Lipinski definition) is 1. The molecule has 1 heterocycles. The van der Waals surface area contributed by atoms with E-state index in [0.29, 0.717) is 5.92 Å². The minimum atomic E-state index is 0. The van der Waals surface area contributed by atoms with Crippen molar-refractivity contribution >= 4 is 0 Å². The molecule has 0 atom stereocenters. The smallest absolute Gasteiger partial charge is 0.458 e. The molecule has 0 aliphatic carbocycles. The molecule has 1 aromatic heterocycles. The molecule has 1 N–H and O–H groups in total. The van der Waals surface area contributed by atoms with Crippen LogP contribution < -0.4 is 51.4 Å². The number of H-pyrrole nitrogens is 1. The molecule has 0 aliphatic rings. The Balaban J connectivity index is 0.000000640.